The maximum atomic E-state index is 12.5. The van der Waals surface area contributed by atoms with E-state index in [2.05, 4.69) is 15.2 Å². The number of carbonyl (C=O) groups excluding carboxylic acids is 2. The van der Waals surface area contributed by atoms with E-state index in [0.29, 0.717) is 72.4 Å². The first-order chi connectivity index (χ1) is 15.4. The van der Waals surface area contributed by atoms with Gasteiger partial charge < -0.3 is 14.6 Å². The zero-order valence-electron chi connectivity index (χ0n) is 17.2. The predicted molar refractivity (Wildman–Crippen MR) is 122 cm³/mol. The van der Waals surface area contributed by atoms with Crippen LogP contribution in [0.1, 0.15) is 22.3 Å². The van der Waals surface area contributed by atoms with E-state index in [1.165, 1.54) is 0 Å². The molecule has 0 unspecified atom stereocenters. The highest BCUT2D eigenvalue weighted by atomic mass is 35.5. The lowest BCUT2D eigenvalue weighted by Crippen LogP contribution is -2.51. The molecule has 2 aromatic carbocycles. The summed E-state index contributed by atoms with van der Waals surface area (Å²) in [5.74, 6) is -0.557. The van der Waals surface area contributed by atoms with E-state index < -0.39 is 5.76 Å². The number of Topliss-reactive ketones (excluding diaryl/α,β-unsaturated/α-hetero) is 1. The van der Waals surface area contributed by atoms with Crippen LogP contribution in [0.5, 0.6) is 0 Å². The van der Waals surface area contributed by atoms with E-state index in [-0.39, 0.29) is 11.8 Å². The van der Waals surface area contributed by atoms with Crippen LogP contribution in [0, 0.1) is 0 Å². The molecular weight excluding hydrogens is 455 g/mol. The van der Waals surface area contributed by atoms with E-state index in [1.807, 2.05) is 0 Å². The fourth-order valence-electron chi connectivity index (χ4n) is 3.70. The highest BCUT2D eigenvalue weighted by Gasteiger charge is 2.21. The number of carbonyl (C=O) groups is 2. The van der Waals surface area contributed by atoms with Gasteiger partial charge in [-0.1, -0.05) is 23.2 Å². The lowest BCUT2D eigenvalue weighted by atomic mass is 10.1. The van der Waals surface area contributed by atoms with Crippen molar-refractivity contribution in [2.75, 3.05) is 32.7 Å². The van der Waals surface area contributed by atoms with Gasteiger partial charge in [0, 0.05) is 61.3 Å². The molecule has 32 heavy (non-hydrogen) atoms. The molecule has 2 N–H and O–H groups in total. The van der Waals surface area contributed by atoms with Crippen LogP contribution in [0.15, 0.2) is 45.6 Å². The Balaban J connectivity index is 1.22. The number of hydrogen-bond donors (Lipinski definition) is 2. The average molecular weight is 477 g/mol. The normalized spacial score (nSPS) is 14.6. The molecule has 1 aliphatic rings. The third-order valence-corrected chi connectivity index (χ3v) is 5.86. The van der Waals surface area contributed by atoms with Gasteiger partial charge in [-0.2, -0.15) is 0 Å². The third-order valence-electron chi connectivity index (χ3n) is 5.42. The molecule has 1 saturated heterocycles. The Hall–Kier alpha value is -2.81. The van der Waals surface area contributed by atoms with Crippen molar-refractivity contribution in [2.45, 2.75) is 13.0 Å². The van der Waals surface area contributed by atoms with Gasteiger partial charge in [-0.3, -0.25) is 14.7 Å². The van der Waals surface area contributed by atoms with Gasteiger partial charge in [-0.15, -0.1) is 0 Å². The van der Waals surface area contributed by atoms with Gasteiger partial charge in [0.15, 0.2) is 11.4 Å². The summed E-state index contributed by atoms with van der Waals surface area (Å²) in [6, 6.07) is 9.99. The first-order valence-corrected chi connectivity index (χ1v) is 11.0. The molecule has 10 heteroatoms. The number of H-pyrrole nitrogens is 1. The summed E-state index contributed by atoms with van der Waals surface area (Å²) < 4.78 is 5.02. The topological polar surface area (TPSA) is 98.6 Å². The fourth-order valence-corrected chi connectivity index (χ4v) is 4.27. The van der Waals surface area contributed by atoms with Gasteiger partial charge in [-0.25, -0.2) is 9.59 Å². The number of fused-ring (bicyclic) bond motifs is 1. The van der Waals surface area contributed by atoms with E-state index in [4.69, 9.17) is 27.6 Å². The third kappa shape index (κ3) is 5.51. The zero-order chi connectivity index (χ0) is 22.7. The predicted octanol–water partition coefficient (Wildman–Crippen LogP) is 3.53. The molecule has 0 spiro atoms. The quantitative estimate of drug-likeness (QED) is 0.530. The maximum absolute atomic E-state index is 12.5. The largest absolute Gasteiger partial charge is 0.417 e. The Labute approximate surface area is 194 Å². The summed E-state index contributed by atoms with van der Waals surface area (Å²) in [6.45, 7) is 3.49. The Bertz CT molecular complexity index is 1180. The Morgan fingerprint density at radius 2 is 1.75 bits per heavy atom. The lowest BCUT2D eigenvalue weighted by Gasteiger charge is -2.34. The van der Waals surface area contributed by atoms with Crippen LogP contribution in [0.3, 0.4) is 0 Å². The summed E-state index contributed by atoms with van der Waals surface area (Å²) in [5.41, 5.74) is 2.30. The Kier molecular flexibility index (Phi) is 6.83. The van der Waals surface area contributed by atoms with Crippen LogP contribution in [-0.4, -0.2) is 59.3 Å². The van der Waals surface area contributed by atoms with Crippen molar-refractivity contribution < 1.29 is 14.0 Å². The van der Waals surface area contributed by atoms with Gasteiger partial charge in [0.1, 0.15) is 0 Å². The van der Waals surface area contributed by atoms with Gasteiger partial charge in [-0.05, 0) is 42.0 Å². The zero-order valence-corrected chi connectivity index (χ0v) is 18.7. The number of oxazole rings is 1. The van der Waals surface area contributed by atoms with Crippen molar-refractivity contribution in [3.63, 3.8) is 0 Å². The number of hydrogen-bond acceptors (Lipinski definition) is 5. The number of piperazine rings is 1. The van der Waals surface area contributed by atoms with E-state index in [1.54, 1.807) is 41.3 Å². The molecule has 2 amide bonds. The lowest BCUT2D eigenvalue weighted by molar-refractivity contribution is 0.0939. The summed E-state index contributed by atoms with van der Waals surface area (Å²) in [4.78, 5) is 42.7. The molecule has 0 saturated carbocycles. The molecule has 0 bridgehead atoms. The molecule has 3 aromatic rings. The maximum Gasteiger partial charge on any atom is 0.417 e. The van der Waals surface area contributed by atoms with Crippen molar-refractivity contribution in [1.82, 2.24) is 20.1 Å². The molecule has 1 aromatic heterocycles. The van der Waals surface area contributed by atoms with Crippen LogP contribution >= 0.6 is 23.2 Å². The number of benzene rings is 2. The number of amides is 2. The van der Waals surface area contributed by atoms with Crippen LogP contribution in [0.2, 0.25) is 10.0 Å². The Morgan fingerprint density at radius 1 is 1.03 bits per heavy atom. The minimum atomic E-state index is -0.539. The number of urea groups is 1. The smallest absolute Gasteiger partial charge is 0.408 e. The number of nitrogens with one attached hydrogen (secondary N) is 2. The standard InChI is InChI=1S/C22H22Cl2N4O4/c23-16-9-14(10-17(24)12-16)13-25-21(30)28-7-5-27(6-8-28)4-3-19(29)15-1-2-18-20(11-15)32-22(31)26-18/h1-2,9-12H,3-8,13H2,(H,25,30)(H,26,31). The second-order valence-corrected chi connectivity index (χ2v) is 8.54. The van der Waals surface area contributed by atoms with Crippen LogP contribution in [-0.2, 0) is 6.54 Å². The number of nitrogens with zero attached hydrogens (tertiary/aromatic N) is 2. The van der Waals surface area contributed by atoms with Crippen molar-refractivity contribution >= 4 is 46.1 Å². The number of aromatic nitrogens is 1. The minimum Gasteiger partial charge on any atom is -0.408 e. The number of halogens is 2. The fraction of sp³-hybridized carbons (Fsp3) is 0.318. The molecule has 0 atom stereocenters. The highest BCUT2D eigenvalue weighted by molar-refractivity contribution is 6.34. The molecule has 8 nitrogen and oxygen atoms in total. The summed E-state index contributed by atoms with van der Waals surface area (Å²) >= 11 is 12.0. The van der Waals surface area contributed by atoms with E-state index in [0.717, 1.165) is 5.56 Å². The summed E-state index contributed by atoms with van der Waals surface area (Å²) in [6.07, 6.45) is 0.349. The van der Waals surface area contributed by atoms with Crippen LogP contribution < -0.4 is 11.1 Å². The summed E-state index contributed by atoms with van der Waals surface area (Å²) in [5, 5.41) is 3.95. The van der Waals surface area contributed by atoms with Crippen molar-refractivity contribution in [3.05, 3.63) is 68.1 Å². The van der Waals surface area contributed by atoms with Gasteiger partial charge in [0.2, 0.25) is 0 Å². The van der Waals surface area contributed by atoms with Crippen LogP contribution in [0.25, 0.3) is 11.1 Å². The van der Waals surface area contributed by atoms with Gasteiger partial charge in [0.05, 0.1) is 5.52 Å². The molecule has 168 valence electrons. The average Bonchev–Trinajstić information content (AvgIpc) is 3.14. The highest BCUT2D eigenvalue weighted by Crippen LogP contribution is 2.19. The van der Waals surface area contributed by atoms with Crippen LogP contribution in [0.4, 0.5) is 4.79 Å². The molecule has 0 aliphatic carbocycles. The SMILES string of the molecule is O=C(CCN1CCN(C(=O)NCc2cc(Cl)cc(Cl)c2)CC1)c1ccc2[nH]c(=O)oc2c1. The van der Waals surface area contributed by atoms with E-state index >= 15 is 0 Å². The first kappa shape index (κ1) is 22.4. The molecule has 0 radical (unpaired) electrons. The second kappa shape index (κ2) is 9.77. The Morgan fingerprint density at radius 3 is 2.47 bits per heavy atom. The van der Waals surface area contributed by atoms with Crippen molar-refractivity contribution in [3.8, 4) is 0 Å². The first-order valence-electron chi connectivity index (χ1n) is 10.2. The minimum absolute atomic E-state index is 0.0175. The molecule has 2 heterocycles. The van der Waals surface area contributed by atoms with Crippen molar-refractivity contribution in [1.29, 1.82) is 0 Å². The number of rotatable bonds is 6. The molecule has 1 aliphatic heterocycles. The van der Waals surface area contributed by atoms with E-state index in [9.17, 15) is 14.4 Å². The molecule has 1 fully saturated rings. The monoisotopic (exact) mass is 476 g/mol. The second-order valence-electron chi connectivity index (χ2n) is 7.66. The van der Waals surface area contributed by atoms with Crippen molar-refractivity contribution in [2.24, 2.45) is 0 Å². The number of aromatic amines is 1. The van der Waals surface area contributed by atoms with Gasteiger partial charge in [0.25, 0.3) is 0 Å². The number of ketones is 1. The molecular formula is C22H22Cl2N4O4. The van der Waals surface area contributed by atoms with Gasteiger partial charge >= 0.3 is 11.8 Å². The molecule has 4 rings (SSSR count). The summed E-state index contributed by atoms with van der Waals surface area (Å²) in [7, 11) is 0.